The van der Waals surface area contributed by atoms with Crippen LogP contribution in [0.5, 0.6) is 0 Å². The third-order valence-electron chi connectivity index (χ3n) is 3.25. The lowest BCUT2D eigenvalue weighted by atomic mass is 10.2. The smallest absolute Gasteiger partial charge is 0.175 e. The van der Waals surface area contributed by atoms with Crippen LogP contribution in [0.15, 0.2) is 40.7 Å². The van der Waals surface area contributed by atoms with Crippen LogP contribution in [0.4, 0.5) is 0 Å². The molecule has 0 fully saturated rings. The van der Waals surface area contributed by atoms with Crippen LogP contribution in [0.2, 0.25) is 0 Å². The molecule has 4 nitrogen and oxygen atoms in total. The van der Waals surface area contributed by atoms with Crippen molar-refractivity contribution in [2.24, 2.45) is 0 Å². The zero-order valence-corrected chi connectivity index (χ0v) is 13.4. The Hall–Kier alpha value is -1.24. The molecule has 0 saturated carbocycles. The molecule has 0 saturated heterocycles. The maximum absolute atomic E-state index is 11.4. The zero-order valence-electron chi connectivity index (χ0n) is 11.8. The second kappa shape index (κ2) is 6.03. The molecule has 6 heteroatoms. The number of benzene rings is 1. The Morgan fingerprint density at radius 2 is 1.95 bits per heavy atom. The van der Waals surface area contributed by atoms with Crippen LogP contribution >= 0.6 is 11.3 Å². The first-order valence-corrected chi connectivity index (χ1v) is 9.03. The third kappa shape index (κ3) is 3.65. The van der Waals surface area contributed by atoms with Gasteiger partial charge < -0.3 is 0 Å². The van der Waals surface area contributed by atoms with Crippen molar-refractivity contribution >= 4 is 21.2 Å². The van der Waals surface area contributed by atoms with Crippen LogP contribution in [0.1, 0.15) is 23.5 Å². The molecule has 1 unspecified atom stereocenters. The third-order valence-corrected chi connectivity index (χ3v) is 5.33. The quantitative estimate of drug-likeness (QED) is 0.852. The van der Waals surface area contributed by atoms with E-state index in [-0.39, 0.29) is 6.04 Å². The maximum Gasteiger partial charge on any atom is 0.175 e. The summed E-state index contributed by atoms with van der Waals surface area (Å²) in [6.07, 6.45) is 3.03. The topological polar surface area (TPSA) is 50.3 Å². The fourth-order valence-electron chi connectivity index (χ4n) is 1.90. The Kier molecular flexibility index (Phi) is 4.57. The summed E-state index contributed by atoms with van der Waals surface area (Å²) >= 11 is 1.64. The molecule has 0 amide bonds. The molecule has 0 radical (unpaired) electrons. The van der Waals surface area contributed by atoms with E-state index in [4.69, 9.17) is 0 Å². The summed E-state index contributed by atoms with van der Waals surface area (Å²) in [5.74, 6) is 0. The summed E-state index contributed by atoms with van der Waals surface area (Å²) in [5.41, 5.74) is 1.09. The van der Waals surface area contributed by atoms with E-state index in [0.29, 0.717) is 4.90 Å². The van der Waals surface area contributed by atoms with Crippen molar-refractivity contribution < 1.29 is 8.42 Å². The van der Waals surface area contributed by atoms with E-state index in [9.17, 15) is 8.42 Å². The fourth-order valence-corrected chi connectivity index (χ4v) is 3.29. The summed E-state index contributed by atoms with van der Waals surface area (Å²) in [7, 11) is -1.08. The number of thiazole rings is 1. The molecule has 2 rings (SSSR count). The summed E-state index contributed by atoms with van der Waals surface area (Å²) in [5, 5.41) is 3.06. The van der Waals surface area contributed by atoms with Crippen molar-refractivity contribution in [1.29, 1.82) is 0 Å². The van der Waals surface area contributed by atoms with Crippen molar-refractivity contribution in [3.63, 3.8) is 0 Å². The van der Waals surface area contributed by atoms with Gasteiger partial charge in [-0.2, -0.15) is 0 Å². The van der Waals surface area contributed by atoms with Gasteiger partial charge in [-0.05, 0) is 31.7 Å². The van der Waals surface area contributed by atoms with Crippen LogP contribution < -0.4 is 0 Å². The monoisotopic (exact) mass is 310 g/mol. The summed E-state index contributed by atoms with van der Waals surface area (Å²) < 4.78 is 22.8. The molecule has 1 aromatic heterocycles. The van der Waals surface area contributed by atoms with Crippen molar-refractivity contribution in [2.45, 2.75) is 24.4 Å². The molecule has 20 heavy (non-hydrogen) atoms. The predicted molar refractivity (Wildman–Crippen MR) is 81.5 cm³/mol. The number of hydrogen-bond acceptors (Lipinski definition) is 5. The molecule has 2 aromatic rings. The van der Waals surface area contributed by atoms with Crippen molar-refractivity contribution in [3.05, 3.63) is 46.4 Å². The number of nitrogens with zero attached hydrogens (tertiary/aromatic N) is 2. The van der Waals surface area contributed by atoms with Gasteiger partial charge in [0.15, 0.2) is 9.84 Å². The average molecular weight is 310 g/mol. The van der Waals surface area contributed by atoms with Crippen LogP contribution in [0.3, 0.4) is 0 Å². The Morgan fingerprint density at radius 1 is 1.30 bits per heavy atom. The normalized spacial score (nSPS) is 13.6. The lowest BCUT2D eigenvalue weighted by molar-refractivity contribution is 0.252. The average Bonchev–Trinajstić information content (AvgIpc) is 2.91. The van der Waals surface area contributed by atoms with Crippen molar-refractivity contribution in [1.82, 2.24) is 9.88 Å². The number of hydrogen-bond donors (Lipinski definition) is 0. The van der Waals surface area contributed by atoms with Gasteiger partial charge in [-0.3, -0.25) is 4.90 Å². The summed E-state index contributed by atoms with van der Waals surface area (Å²) in [6.45, 7) is 2.87. The minimum Gasteiger partial charge on any atom is -0.293 e. The van der Waals surface area contributed by atoms with Crippen LogP contribution in [0.25, 0.3) is 0 Å². The van der Waals surface area contributed by atoms with Gasteiger partial charge in [0, 0.05) is 24.4 Å². The largest absolute Gasteiger partial charge is 0.293 e. The van der Waals surface area contributed by atoms with E-state index in [1.165, 1.54) is 6.26 Å². The minimum atomic E-state index is -3.12. The standard InChI is InChI=1S/C14H18N2O2S2/c1-11(14-15-8-9-19-14)16(2)10-12-4-6-13(7-5-12)20(3,17)18/h4-9,11H,10H2,1-3H3. The molecule has 108 valence electrons. The summed E-state index contributed by atoms with van der Waals surface area (Å²) in [4.78, 5) is 6.87. The summed E-state index contributed by atoms with van der Waals surface area (Å²) in [6, 6.07) is 7.28. The lowest BCUT2D eigenvalue weighted by Gasteiger charge is -2.23. The van der Waals surface area contributed by atoms with Crippen LogP contribution in [-0.4, -0.2) is 31.6 Å². The highest BCUT2D eigenvalue weighted by Crippen LogP contribution is 2.22. The molecule has 0 bridgehead atoms. The molecule has 0 aliphatic rings. The maximum atomic E-state index is 11.4. The molecule has 1 heterocycles. The first-order valence-electron chi connectivity index (χ1n) is 6.26. The lowest BCUT2D eigenvalue weighted by Crippen LogP contribution is -2.21. The van der Waals surface area contributed by atoms with E-state index >= 15 is 0 Å². The van der Waals surface area contributed by atoms with E-state index in [2.05, 4.69) is 16.8 Å². The Morgan fingerprint density at radius 3 is 2.45 bits per heavy atom. The minimum absolute atomic E-state index is 0.240. The zero-order chi connectivity index (χ0) is 14.8. The molecule has 1 atom stereocenters. The predicted octanol–water partition coefficient (Wildman–Crippen LogP) is 2.74. The van der Waals surface area contributed by atoms with Gasteiger partial charge >= 0.3 is 0 Å². The highest BCUT2D eigenvalue weighted by atomic mass is 32.2. The molecule has 0 aliphatic heterocycles. The van der Waals surface area contributed by atoms with Gasteiger partial charge in [0.2, 0.25) is 0 Å². The fraction of sp³-hybridized carbons (Fsp3) is 0.357. The van der Waals surface area contributed by atoms with E-state index < -0.39 is 9.84 Å². The van der Waals surface area contributed by atoms with Crippen molar-refractivity contribution in [2.75, 3.05) is 13.3 Å². The molecular weight excluding hydrogens is 292 g/mol. The van der Waals surface area contributed by atoms with Crippen molar-refractivity contribution in [3.8, 4) is 0 Å². The molecule has 1 aromatic carbocycles. The highest BCUT2D eigenvalue weighted by Gasteiger charge is 2.14. The Labute approximate surface area is 124 Å². The number of rotatable bonds is 5. The second-order valence-electron chi connectivity index (χ2n) is 4.88. The van der Waals surface area contributed by atoms with Gasteiger partial charge in [0.25, 0.3) is 0 Å². The SMILES string of the molecule is CC(c1nccs1)N(C)Cc1ccc(S(C)(=O)=O)cc1. The molecule has 0 spiro atoms. The Bertz CT molecular complexity index is 649. The van der Waals surface area contributed by atoms with Crippen LogP contribution in [-0.2, 0) is 16.4 Å². The number of aromatic nitrogens is 1. The molecular formula is C14H18N2O2S2. The molecule has 0 N–H and O–H groups in total. The van der Waals surface area contributed by atoms with Gasteiger partial charge in [0.05, 0.1) is 10.9 Å². The van der Waals surface area contributed by atoms with Gasteiger partial charge in [-0.15, -0.1) is 11.3 Å². The van der Waals surface area contributed by atoms with E-state index in [1.54, 1.807) is 23.5 Å². The second-order valence-corrected chi connectivity index (χ2v) is 7.82. The number of sulfone groups is 1. The van der Waals surface area contributed by atoms with E-state index in [1.807, 2.05) is 30.8 Å². The van der Waals surface area contributed by atoms with E-state index in [0.717, 1.165) is 17.1 Å². The van der Waals surface area contributed by atoms with Gasteiger partial charge in [0.1, 0.15) is 5.01 Å². The Balaban J connectivity index is 2.07. The van der Waals surface area contributed by atoms with Crippen LogP contribution in [0, 0.1) is 0 Å². The first kappa shape index (κ1) is 15.2. The van der Waals surface area contributed by atoms with Gasteiger partial charge in [-0.1, -0.05) is 12.1 Å². The first-order chi connectivity index (χ1) is 9.38. The molecule has 0 aliphatic carbocycles. The highest BCUT2D eigenvalue weighted by molar-refractivity contribution is 7.90. The van der Waals surface area contributed by atoms with Gasteiger partial charge in [-0.25, -0.2) is 13.4 Å².